The highest BCUT2D eigenvalue weighted by molar-refractivity contribution is 7.07. The van der Waals surface area contributed by atoms with Crippen molar-refractivity contribution in [2.75, 3.05) is 0 Å². The van der Waals surface area contributed by atoms with Crippen LogP contribution in [0.3, 0.4) is 0 Å². The van der Waals surface area contributed by atoms with Gasteiger partial charge in [0.05, 0.1) is 26.1 Å². The summed E-state index contributed by atoms with van der Waals surface area (Å²) < 4.78 is 1.83. The number of nitro groups is 2. The van der Waals surface area contributed by atoms with E-state index in [1.807, 2.05) is 13.8 Å². The van der Waals surface area contributed by atoms with E-state index >= 15 is 0 Å². The van der Waals surface area contributed by atoms with Gasteiger partial charge in [-0.05, 0) is 53.3 Å². The van der Waals surface area contributed by atoms with E-state index in [0.29, 0.717) is 44.6 Å². The lowest BCUT2D eigenvalue weighted by Crippen LogP contribution is -2.42. The van der Waals surface area contributed by atoms with Crippen LogP contribution in [0.25, 0.3) is 6.08 Å². The van der Waals surface area contributed by atoms with Crippen LogP contribution in [0.2, 0.25) is 0 Å². The number of fused-ring (bicyclic) bond motifs is 1. The molecule has 2 aromatic carbocycles. The minimum atomic E-state index is -0.750. The number of allylic oxidation sites excluding steroid dienone is 2. The molecule has 5 rings (SSSR count). The summed E-state index contributed by atoms with van der Waals surface area (Å²) in [5, 5.41) is 22.1. The monoisotopic (exact) mass is 504 g/mol. The van der Waals surface area contributed by atoms with Gasteiger partial charge in [0.1, 0.15) is 0 Å². The van der Waals surface area contributed by atoms with Crippen molar-refractivity contribution in [2.45, 2.75) is 32.7 Å². The minimum Gasteiger partial charge on any atom is -0.294 e. The summed E-state index contributed by atoms with van der Waals surface area (Å²) in [6, 6.07) is 10.9. The van der Waals surface area contributed by atoms with Crippen LogP contribution in [-0.4, -0.2) is 20.2 Å². The topological polar surface area (TPSA) is 138 Å². The summed E-state index contributed by atoms with van der Waals surface area (Å²) in [5.41, 5.74) is 1.48. The fraction of sp³-hybridized carbons (Fsp3) is 0.240. The SMILES string of the molecule is CC1(C)CC(=O)C2=C(C1)N=c1sc(=Cc3ccc([N+](=O)[O-])cc3)c(=O)n1C2c1ccc([N+](=O)[O-])cc1. The average molecular weight is 505 g/mol. The molecule has 1 aliphatic carbocycles. The van der Waals surface area contributed by atoms with Crippen molar-refractivity contribution >= 4 is 34.6 Å². The molecule has 0 saturated carbocycles. The number of benzene rings is 2. The molecule has 0 bridgehead atoms. The number of aromatic nitrogens is 1. The Labute approximate surface area is 207 Å². The highest BCUT2D eigenvalue weighted by atomic mass is 32.1. The molecule has 0 saturated heterocycles. The molecule has 1 aliphatic heterocycles. The third-order valence-corrected chi connectivity index (χ3v) is 7.30. The lowest BCUT2D eigenvalue weighted by molar-refractivity contribution is -0.385. The number of carbonyl (C=O) groups excluding carboxylic acids is 1. The summed E-state index contributed by atoms with van der Waals surface area (Å²) in [4.78, 5) is 53.2. The molecule has 1 aromatic heterocycles. The second-order valence-electron chi connectivity index (χ2n) is 9.58. The van der Waals surface area contributed by atoms with Crippen molar-refractivity contribution in [1.82, 2.24) is 4.57 Å². The zero-order valence-corrected chi connectivity index (χ0v) is 20.2. The maximum Gasteiger partial charge on any atom is 0.271 e. The van der Waals surface area contributed by atoms with Crippen LogP contribution < -0.4 is 14.9 Å². The van der Waals surface area contributed by atoms with E-state index in [1.165, 1.54) is 40.2 Å². The molecular weight excluding hydrogens is 484 g/mol. The van der Waals surface area contributed by atoms with E-state index in [-0.39, 0.29) is 28.1 Å². The van der Waals surface area contributed by atoms with E-state index in [4.69, 9.17) is 4.99 Å². The van der Waals surface area contributed by atoms with Gasteiger partial charge in [-0.25, -0.2) is 4.99 Å². The number of ketones is 1. The number of non-ortho nitro benzene ring substituents is 2. The Hall–Kier alpha value is -4.25. The maximum atomic E-state index is 13.6. The van der Waals surface area contributed by atoms with Gasteiger partial charge >= 0.3 is 0 Å². The molecule has 3 aromatic rings. The highest BCUT2D eigenvalue weighted by Crippen LogP contribution is 2.43. The molecule has 36 heavy (non-hydrogen) atoms. The molecule has 0 spiro atoms. The molecule has 1 unspecified atom stereocenters. The number of carbonyl (C=O) groups is 1. The summed E-state index contributed by atoms with van der Waals surface area (Å²) in [6.07, 6.45) is 2.50. The zero-order valence-electron chi connectivity index (χ0n) is 19.3. The molecule has 0 N–H and O–H groups in total. The molecule has 182 valence electrons. The predicted octanol–water partition coefficient (Wildman–Crippen LogP) is 3.42. The summed E-state index contributed by atoms with van der Waals surface area (Å²) in [5.74, 6) is -0.0991. The number of hydrogen-bond donors (Lipinski definition) is 0. The number of Topliss-reactive ketones (excluding diaryl/α,β-unsaturated/α-hetero) is 1. The van der Waals surface area contributed by atoms with Crippen molar-refractivity contribution in [2.24, 2.45) is 10.4 Å². The number of nitrogens with zero attached hydrogens (tertiary/aromatic N) is 4. The predicted molar refractivity (Wildman–Crippen MR) is 132 cm³/mol. The zero-order chi connectivity index (χ0) is 25.8. The van der Waals surface area contributed by atoms with Crippen LogP contribution in [0.5, 0.6) is 0 Å². The number of thiazole rings is 1. The number of nitro benzene ring substituents is 2. The van der Waals surface area contributed by atoms with Crippen molar-refractivity contribution in [3.05, 3.63) is 111 Å². The van der Waals surface area contributed by atoms with Gasteiger partial charge < -0.3 is 0 Å². The van der Waals surface area contributed by atoms with Crippen LogP contribution >= 0.6 is 11.3 Å². The second kappa shape index (κ2) is 8.45. The average Bonchev–Trinajstić information content (AvgIpc) is 3.12. The maximum absolute atomic E-state index is 13.6. The Morgan fingerprint density at radius 2 is 1.56 bits per heavy atom. The summed E-state index contributed by atoms with van der Waals surface area (Å²) in [7, 11) is 0. The van der Waals surface area contributed by atoms with Crippen LogP contribution in [-0.2, 0) is 4.79 Å². The first-order valence-electron chi connectivity index (χ1n) is 11.1. The third-order valence-electron chi connectivity index (χ3n) is 6.32. The molecule has 1 atom stereocenters. The fourth-order valence-electron chi connectivity index (χ4n) is 4.69. The first-order chi connectivity index (χ1) is 17.0. The Bertz CT molecular complexity index is 1650. The van der Waals surface area contributed by atoms with Crippen molar-refractivity contribution < 1.29 is 14.6 Å². The summed E-state index contributed by atoms with van der Waals surface area (Å²) in [6.45, 7) is 3.99. The van der Waals surface area contributed by atoms with Gasteiger partial charge in [0, 0.05) is 36.3 Å². The Morgan fingerprint density at radius 3 is 2.14 bits per heavy atom. The quantitative estimate of drug-likeness (QED) is 0.394. The standard InChI is InChI=1S/C25H20N4O6S/c1-25(2)12-18-21(19(30)13-25)22(15-5-9-17(10-6-15)29(34)35)27-23(31)20(36-24(27)26-18)11-14-3-7-16(8-4-14)28(32)33/h3-11,22H,12-13H2,1-2H3. The van der Waals surface area contributed by atoms with Gasteiger partial charge in [0.15, 0.2) is 10.6 Å². The van der Waals surface area contributed by atoms with Gasteiger partial charge in [0.25, 0.3) is 16.9 Å². The van der Waals surface area contributed by atoms with E-state index in [1.54, 1.807) is 30.3 Å². The lowest BCUT2D eigenvalue weighted by atomic mass is 9.73. The van der Waals surface area contributed by atoms with Gasteiger partial charge in [0.2, 0.25) is 0 Å². The highest BCUT2D eigenvalue weighted by Gasteiger charge is 2.40. The van der Waals surface area contributed by atoms with Crippen LogP contribution in [0.1, 0.15) is 43.9 Å². The van der Waals surface area contributed by atoms with E-state index in [9.17, 15) is 29.8 Å². The minimum absolute atomic E-state index is 0.0550. The molecule has 0 radical (unpaired) electrons. The van der Waals surface area contributed by atoms with Crippen LogP contribution in [0.4, 0.5) is 11.4 Å². The molecular formula is C25H20N4O6S. The third kappa shape index (κ3) is 4.07. The smallest absolute Gasteiger partial charge is 0.271 e. The molecule has 2 aliphatic rings. The van der Waals surface area contributed by atoms with Crippen molar-refractivity contribution in [1.29, 1.82) is 0 Å². The first kappa shape index (κ1) is 23.5. The molecule has 2 heterocycles. The normalized spacial score (nSPS) is 18.9. The first-order valence-corrected chi connectivity index (χ1v) is 11.9. The van der Waals surface area contributed by atoms with Crippen molar-refractivity contribution in [3.63, 3.8) is 0 Å². The Kier molecular flexibility index (Phi) is 5.51. The van der Waals surface area contributed by atoms with Crippen molar-refractivity contribution in [3.8, 4) is 0 Å². The van der Waals surface area contributed by atoms with Gasteiger partial charge in [-0.15, -0.1) is 0 Å². The summed E-state index contributed by atoms with van der Waals surface area (Å²) >= 11 is 1.17. The van der Waals surface area contributed by atoms with E-state index < -0.39 is 15.9 Å². The Morgan fingerprint density at radius 1 is 0.972 bits per heavy atom. The number of rotatable bonds is 4. The second-order valence-corrected chi connectivity index (χ2v) is 10.6. The molecule has 10 nitrogen and oxygen atoms in total. The number of hydrogen-bond acceptors (Lipinski definition) is 8. The van der Waals surface area contributed by atoms with Crippen LogP contribution in [0, 0.1) is 25.6 Å². The molecule has 0 fully saturated rings. The molecule has 11 heteroatoms. The van der Waals surface area contributed by atoms with Gasteiger partial charge in [-0.2, -0.15) is 0 Å². The van der Waals surface area contributed by atoms with E-state index in [2.05, 4.69) is 0 Å². The fourth-order valence-corrected chi connectivity index (χ4v) is 5.71. The van der Waals surface area contributed by atoms with E-state index in [0.717, 1.165) is 0 Å². The molecule has 0 amide bonds. The lowest BCUT2D eigenvalue weighted by Gasteiger charge is -2.35. The van der Waals surface area contributed by atoms with Crippen LogP contribution in [0.15, 0.2) is 69.6 Å². The Balaban J connectivity index is 1.71. The van der Waals surface area contributed by atoms with Gasteiger partial charge in [-0.1, -0.05) is 25.2 Å². The van der Waals surface area contributed by atoms with Gasteiger partial charge in [-0.3, -0.25) is 34.4 Å². The largest absolute Gasteiger partial charge is 0.294 e.